The summed E-state index contributed by atoms with van der Waals surface area (Å²) in [6.45, 7) is 8.18. The van der Waals surface area contributed by atoms with Crippen LogP contribution < -0.4 is 4.74 Å². The molecule has 3 aliphatic heterocycles. The summed E-state index contributed by atoms with van der Waals surface area (Å²) in [6.07, 6.45) is 2.19. The van der Waals surface area contributed by atoms with Gasteiger partial charge in [-0.3, -0.25) is 4.90 Å². The van der Waals surface area contributed by atoms with Gasteiger partial charge in [0.2, 0.25) is 0 Å². The minimum absolute atomic E-state index is 0.0312. The van der Waals surface area contributed by atoms with E-state index >= 15 is 0 Å². The number of fused-ring (bicyclic) bond motifs is 4. The molecule has 8 heteroatoms. The average Bonchev–Trinajstić information content (AvgIpc) is 3.12. The number of carbonyl (C=O) groups is 1. The summed E-state index contributed by atoms with van der Waals surface area (Å²) < 4.78 is 10.7. The Morgan fingerprint density at radius 2 is 1.88 bits per heavy atom. The summed E-state index contributed by atoms with van der Waals surface area (Å²) in [4.78, 5) is 21.5. The van der Waals surface area contributed by atoms with Gasteiger partial charge >= 0.3 is 6.09 Å². The second-order valence-electron chi connectivity index (χ2n) is 9.15. The van der Waals surface area contributed by atoms with Crippen molar-refractivity contribution in [3.63, 3.8) is 0 Å². The van der Waals surface area contributed by atoms with Crippen molar-refractivity contribution < 1.29 is 19.4 Å². The summed E-state index contributed by atoms with van der Waals surface area (Å²) >= 11 is 1.55. The van der Waals surface area contributed by atoms with Gasteiger partial charge in [-0.05, 0) is 76.4 Å². The van der Waals surface area contributed by atoms with Crippen LogP contribution in [-0.2, 0) is 10.3 Å². The molecule has 5 rings (SSSR count). The molecule has 3 saturated heterocycles. The number of amides is 1. The number of benzene rings is 1. The topological polar surface area (TPSA) is 75.1 Å². The maximum absolute atomic E-state index is 12.5. The lowest BCUT2D eigenvalue weighted by Crippen LogP contribution is -2.53. The standard InChI is InChI=1S/C24H33N3O4S/c1-24(2,27(23(28)29)20-10-13-26-11-8-17(20)9-12-26)21-16-32-22(25-21)18-4-6-19(7-5-18)31-15-14-30-3/h4-7,16-17,20H,8-15H2,1-3H3,(H,28,29). The highest BCUT2D eigenvalue weighted by Crippen LogP contribution is 2.39. The molecule has 4 heterocycles. The third-order valence-corrected chi connectivity index (χ3v) is 7.74. The lowest BCUT2D eigenvalue weighted by molar-refractivity contribution is 0.0339. The first-order valence-corrected chi connectivity index (χ1v) is 12.2. The maximum atomic E-state index is 12.5. The number of methoxy groups -OCH3 is 1. The van der Waals surface area contributed by atoms with Gasteiger partial charge in [-0.1, -0.05) is 0 Å². The van der Waals surface area contributed by atoms with Gasteiger partial charge in [0.15, 0.2) is 0 Å². The van der Waals surface area contributed by atoms with Crippen LogP contribution in [0.2, 0.25) is 0 Å². The Hall–Kier alpha value is -2.16. The fourth-order valence-electron chi connectivity index (χ4n) is 4.99. The number of piperidine rings is 1. The molecule has 7 nitrogen and oxygen atoms in total. The van der Waals surface area contributed by atoms with Crippen molar-refractivity contribution in [2.75, 3.05) is 40.0 Å². The molecule has 32 heavy (non-hydrogen) atoms. The predicted molar refractivity (Wildman–Crippen MR) is 125 cm³/mol. The van der Waals surface area contributed by atoms with Crippen molar-refractivity contribution in [1.29, 1.82) is 0 Å². The average molecular weight is 460 g/mol. The highest BCUT2D eigenvalue weighted by molar-refractivity contribution is 7.13. The molecule has 3 fully saturated rings. The van der Waals surface area contributed by atoms with Crippen molar-refractivity contribution >= 4 is 17.4 Å². The highest BCUT2D eigenvalue weighted by atomic mass is 32.1. The van der Waals surface area contributed by atoms with Crippen LogP contribution in [0.3, 0.4) is 0 Å². The van der Waals surface area contributed by atoms with Crippen molar-refractivity contribution in [3.8, 4) is 16.3 Å². The Labute approximate surface area is 194 Å². The van der Waals surface area contributed by atoms with E-state index in [0.29, 0.717) is 19.1 Å². The van der Waals surface area contributed by atoms with Crippen LogP contribution in [0.15, 0.2) is 29.6 Å². The van der Waals surface area contributed by atoms with Crippen molar-refractivity contribution in [3.05, 3.63) is 35.3 Å². The smallest absolute Gasteiger partial charge is 0.408 e. The molecule has 1 aromatic heterocycles. The maximum Gasteiger partial charge on any atom is 0.408 e. The van der Waals surface area contributed by atoms with Gasteiger partial charge in [0.1, 0.15) is 17.4 Å². The third kappa shape index (κ3) is 4.77. The van der Waals surface area contributed by atoms with Crippen molar-refractivity contribution in [2.45, 2.75) is 44.7 Å². The Morgan fingerprint density at radius 3 is 2.53 bits per heavy atom. The van der Waals surface area contributed by atoms with E-state index in [9.17, 15) is 9.90 Å². The fourth-order valence-corrected chi connectivity index (χ4v) is 5.98. The second-order valence-corrected chi connectivity index (χ2v) is 10.0. The zero-order chi connectivity index (χ0) is 22.7. The molecule has 1 unspecified atom stereocenters. The van der Waals surface area contributed by atoms with E-state index < -0.39 is 11.6 Å². The van der Waals surface area contributed by atoms with Crippen LogP contribution in [0.1, 0.15) is 38.8 Å². The SMILES string of the molecule is COCCOc1ccc(-c2nc(C(C)(C)N(C(=O)O)C3CCN4CCC3CC4)cs2)cc1. The normalized spacial score (nSPS) is 23.0. The predicted octanol–water partition coefficient (Wildman–Crippen LogP) is 4.53. The molecule has 1 amide bonds. The molecule has 0 radical (unpaired) electrons. The van der Waals surface area contributed by atoms with Crippen LogP contribution in [0, 0.1) is 5.92 Å². The van der Waals surface area contributed by atoms with Gasteiger partial charge in [-0.2, -0.15) is 0 Å². The summed E-state index contributed by atoms with van der Waals surface area (Å²) in [5, 5.41) is 13.1. The van der Waals surface area contributed by atoms with Crippen LogP contribution in [0.25, 0.3) is 10.6 Å². The molecular weight excluding hydrogens is 426 g/mol. The lowest BCUT2D eigenvalue weighted by Gasteiger charge is -2.43. The Balaban J connectivity index is 1.54. The molecule has 1 N–H and O–H groups in total. The van der Waals surface area contributed by atoms with E-state index in [1.807, 2.05) is 43.5 Å². The van der Waals surface area contributed by atoms with Crippen LogP contribution in [-0.4, -0.2) is 72.0 Å². The molecule has 2 aromatic rings. The number of ether oxygens (including phenoxy) is 2. The van der Waals surface area contributed by atoms with E-state index in [-0.39, 0.29) is 6.04 Å². The summed E-state index contributed by atoms with van der Waals surface area (Å²) in [6, 6.07) is 7.87. The van der Waals surface area contributed by atoms with Crippen LogP contribution in [0.4, 0.5) is 4.79 Å². The zero-order valence-corrected chi connectivity index (χ0v) is 19.9. The van der Waals surface area contributed by atoms with Gasteiger partial charge in [-0.15, -0.1) is 11.3 Å². The van der Waals surface area contributed by atoms with Gasteiger partial charge in [0.25, 0.3) is 0 Å². The van der Waals surface area contributed by atoms with E-state index in [1.54, 1.807) is 23.3 Å². The number of aromatic nitrogens is 1. The van der Waals surface area contributed by atoms with E-state index in [2.05, 4.69) is 4.90 Å². The molecular formula is C24H33N3O4S. The fraction of sp³-hybridized carbons (Fsp3) is 0.583. The molecule has 174 valence electrons. The van der Waals surface area contributed by atoms with Gasteiger partial charge in [0, 0.05) is 30.6 Å². The van der Waals surface area contributed by atoms with Gasteiger partial charge < -0.3 is 19.5 Å². The first kappa shape index (κ1) is 23.0. The number of hydrogen-bond donors (Lipinski definition) is 1. The molecule has 1 atom stereocenters. The summed E-state index contributed by atoms with van der Waals surface area (Å²) in [5.74, 6) is 1.21. The summed E-state index contributed by atoms with van der Waals surface area (Å²) in [5.41, 5.74) is 1.10. The summed E-state index contributed by atoms with van der Waals surface area (Å²) in [7, 11) is 1.65. The Kier molecular flexibility index (Phi) is 7.02. The number of thiazole rings is 1. The van der Waals surface area contributed by atoms with Gasteiger partial charge in [0.05, 0.1) is 17.8 Å². The molecule has 0 saturated carbocycles. The minimum Gasteiger partial charge on any atom is -0.491 e. The number of nitrogens with zero attached hydrogens (tertiary/aromatic N) is 3. The van der Waals surface area contributed by atoms with E-state index in [0.717, 1.165) is 60.9 Å². The van der Waals surface area contributed by atoms with Crippen molar-refractivity contribution in [2.24, 2.45) is 5.92 Å². The monoisotopic (exact) mass is 459 g/mol. The first-order valence-electron chi connectivity index (χ1n) is 11.3. The zero-order valence-electron chi connectivity index (χ0n) is 19.1. The first-order chi connectivity index (χ1) is 15.4. The third-order valence-electron chi connectivity index (χ3n) is 6.85. The molecule has 3 aliphatic rings. The van der Waals surface area contributed by atoms with E-state index in [4.69, 9.17) is 14.5 Å². The number of carboxylic acid groups (broad SMARTS) is 1. The quantitative estimate of drug-likeness (QED) is 0.585. The largest absolute Gasteiger partial charge is 0.491 e. The van der Waals surface area contributed by atoms with E-state index in [1.165, 1.54) is 0 Å². The minimum atomic E-state index is -0.854. The second kappa shape index (κ2) is 9.77. The lowest BCUT2D eigenvalue weighted by atomic mass is 9.86. The molecule has 0 spiro atoms. The molecule has 2 bridgehead atoms. The number of rotatable bonds is 8. The Morgan fingerprint density at radius 1 is 1.19 bits per heavy atom. The highest BCUT2D eigenvalue weighted by Gasteiger charge is 2.44. The van der Waals surface area contributed by atoms with Gasteiger partial charge in [-0.25, -0.2) is 9.78 Å². The Bertz CT molecular complexity index is 906. The molecule has 1 aromatic carbocycles. The van der Waals surface area contributed by atoms with Crippen LogP contribution >= 0.6 is 11.3 Å². The van der Waals surface area contributed by atoms with Crippen molar-refractivity contribution in [1.82, 2.24) is 14.8 Å². The van der Waals surface area contributed by atoms with Crippen LogP contribution in [0.5, 0.6) is 5.75 Å². The number of hydrogen-bond acceptors (Lipinski definition) is 6. The molecule has 0 aliphatic carbocycles.